The predicted molar refractivity (Wildman–Crippen MR) is 89.7 cm³/mol. The summed E-state index contributed by atoms with van der Waals surface area (Å²) >= 11 is 3.46. The third-order valence-electron chi connectivity index (χ3n) is 3.77. The molecule has 1 aromatic rings. The average Bonchev–Trinajstić information content (AvgIpc) is 3.03. The minimum atomic E-state index is 0.441. The molecule has 2 heterocycles. The number of hydrogen-bond donors (Lipinski definition) is 2. The van der Waals surface area contributed by atoms with Crippen LogP contribution in [0.25, 0.3) is 5.57 Å². The number of allylic oxidation sites excluding steroid dienone is 4. The van der Waals surface area contributed by atoms with E-state index in [9.17, 15) is 5.26 Å². The van der Waals surface area contributed by atoms with Gasteiger partial charge in [0.1, 0.15) is 11.6 Å². The zero-order chi connectivity index (χ0) is 15.4. The molecule has 0 atom stereocenters. The maximum Gasteiger partial charge on any atom is 0.223 e. The van der Waals surface area contributed by atoms with Gasteiger partial charge in [-0.2, -0.15) is 5.26 Å². The van der Waals surface area contributed by atoms with Crippen molar-refractivity contribution in [3.05, 3.63) is 46.5 Å². The molecule has 2 N–H and O–H groups in total. The van der Waals surface area contributed by atoms with Crippen LogP contribution >= 0.6 is 15.9 Å². The quantitative estimate of drug-likeness (QED) is 0.810. The normalized spacial score (nSPS) is 20.1. The summed E-state index contributed by atoms with van der Waals surface area (Å²) < 4.78 is 0.829. The largest absolute Gasteiger partial charge is 0.360 e. The second-order valence-electron chi connectivity index (χ2n) is 5.27. The van der Waals surface area contributed by atoms with Gasteiger partial charge in [-0.3, -0.25) is 0 Å². The molecule has 0 saturated heterocycles. The molecular formula is C16H16BrN5. The van der Waals surface area contributed by atoms with Gasteiger partial charge in [0, 0.05) is 22.9 Å². The molecule has 0 aromatic carbocycles. The van der Waals surface area contributed by atoms with Gasteiger partial charge in [-0.1, -0.05) is 12.8 Å². The molecule has 0 unspecified atom stereocenters. The van der Waals surface area contributed by atoms with E-state index in [4.69, 9.17) is 0 Å². The SMILES string of the molecule is N#C/C(=C1\NC=CC=C1Br)c1ccnc(NC2CCCC2)n1. The molecule has 0 bridgehead atoms. The lowest BCUT2D eigenvalue weighted by Crippen LogP contribution is -2.17. The van der Waals surface area contributed by atoms with Crippen molar-refractivity contribution in [3.63, 3.8) is 0 Å². The number of nitriles is 1. The molecule has 6 heteroatoms. The highest BCUT2D eigenvalue weighted by Crippen LogP contribution is 2.27. The third-order valence-corrected chi connectivity index (χ3v) is 4.43. The highest BCUT2D eigenvalue weighted by molar-refractivity contribution is 9.12. The van der Waals surface area contributed by atoms with Gasteiger partial charge in [-0.05, 0) is 47.0 Å². The summed E-state index contributed by atoms with van der Waals surface area (Å²) in [6.45, 7) is 0. The van der Waals surface area contributed by atoms with Gasteiger partial charge in [-0.15, -0.1) is 0 Å². The summed E-state index contributed by atoms with van der Waals surface area (Å²) in [4.78, 5) is 8.77. The zero-order valence-electron chi connectivity index (χ0n) is 12.0. The van der Waals surface area contributed by atoms with E-state index in [2.05, 4.69) is 42.6 Å². The van der Waals surface area contributed by atoms with E-state index in [1.54, 1.807) is 18.5 Å². The summed E-state index contributed by atoms with van der Waals surface area (Å²) in [7, 11) is 0. The fraction of sp³-hybridized carbons (Fsp3) is 0.312. The van der Waals surface area contributed by atoms with Crippen LogP contribution in [0.4, 0.5) is 5.95 Å². The Morgan fingerprint density at radius 1 is 1.41 bits per heavy atom. The molecule has 1 fully saturated rings. The van der Waals surface area contributed by atoms with Crippen molar-refractivity contribution in [1.82, 2.24) is 15.3 Å². The van der Waals surface area contributed by atoms with Gasteiger partial charge in [0.05, 0.1) is 11.4 Å². The maximum absolute atomic E-state index is 9.52. The molecule has 0 amide bonds. The van der Waals surface area contributed by atoms with Gasteiger partial charge >= 0.3 is 0 Å². The second kappa shape index (κ2) is 6.75. The fourth-order valence-corrected chi connectivity index (χ4v) is 3.13. The molecule has 0 radical (unpaired) electrons. The van der Waals surface area contributed by atoms with Crippen molar-refractivity contribution in [3.8, 4) is 6.07 Å². The number of dihydropyridines is 1. The van der Waals surface area contributed by atoms with Crippen molar-refractivity contribution in [2.45, 2.75) is 31.7 Å². The summed E-state index contributed by atoms with van der Waals surface area (Å²) in [6.07, 6.45) is 12.0. The summed E-state index contributed by atoms with van der Waals surface area (Å²) in [5, 5.41) is 16.0. The molecule has 1 aliphatic heterocycles. The number of rotatable bonds is 3. The topological polar surface area (TPSA) is 73.6 Å². The molecule has 2 aliphatic rings. The van der Waals surface area contributed by atoms with Crippen LogP contribution in [0.2, 0.25) is 0 Å². The van der Waals surface area contributed by atoms with Crippen LogP contribution in [0.3, 0.4) is 0 Å². The third kappa shape index (κ3) is 3.20. The van der Waals surface area contributed by atoms with Gasteiger partial charge in [0.2, 0.25) is 5.95 Å². The van der Waals surface area contributed by atoms with Gasteiger partial charge in [0.15, 0.2) is 0 Å². The molecule has 112 valence electrons. The first-order valence-corrected chi connectivity index (χ1v) is 8.11. The van der Waals surface area contributed by atoms with E-state index in [1.165, 1.54) is 12.8 Å². The average molecular weight is 358 g/mol. The van der Waals surface area contributed by atoms with E-state index >= 15 is 0 Å². The molecule has 22 heavy (non-hydrogen) atoms. The highest BCUT2D eigenvalue weighted by atomic mass is 79.9. The van der Waals surface area contributed by atoms with Gasteiger partial charge in [0.25, 0.3) is 0 Å². The molecule has 0 spiro atoms. The number of halogens is 1. The lowest BCUT2D eigenvalue weighted by atomic mass is 10.1. The number of nitrogens with zero attached hydrogens (tertiary/aromatic N) is 3. The minimum Gasteiger partial charge on any atom is -0.360 e. The molecule has 5 nitrogen and oxygen atoms in total. The van der Waals surface area contributed by atoms with Crippen molar-refractivity contribution in [2.24, 2.45) is 0 Å². The molecule has 1 aromatic heterocycles. The maximum atomic E-state index is 9.52. The summed E-state index contributed by atoms with van der Waals surface area (Å²) in [5.74, 6) is 0.587. The first-order valence-electron chi connectivity index (χ1n) is 7.31. The molecule has 3 rings (SSSR count). The van der Waals surface area contributed by atoms with Crippen molar-refractivity contribution >= 4 is 27.5 Å². The highest BCUT2D eigenvalue weighted by Gasteiger charge is 2.18. The molecular weight excluding hydrogens is 342 g/mol. The summed E-state index contributed by atoms with van der Waals surface area (Å²) in [5.41, 5.74) is 1.82. The van der Waals surface area contributed by atoms with E-state index in [0.29, 0.717) is 23.3 Å². The Kier molecular flexibility index (Phi) is 4.54. The van der Waals surface area contributed by atoms with Crippen molar-refractivity contribution in [2.75, 3.05) is 5.32 Å². The van der Waals surface area contributed by atoms with E-state index in [0.717, 1.165) is 23.0 Å². The predicted octanol–water partition coefficient (Wildman–Crippen LogP) is 3.46. The van der Waals surface area contributed by atoms with Crippen LogP contribution in [-0.4, -0.2) is 16.0 Å². The monoisotopic (exact) mass is 357 g/mol. The molecule has 1 saturated carbocycles. The van der Waals surface area contributed by atoms with Crippen LogP contribution < -0.4 is 10.6 Å². The van der Waals surface area contributed by atoms with Crippen LogP contribution in [0, 0.1) is 11.3 Å². The Labute approximate surface area is 138 Å². The second-order valence-corrected chi connectivity index (χ2v) is 6.13. The smallest absolute Gasteiger partial charge is 0.223 e. The van der Waals surface area contributed by atoms with E-state index in [-0.39, 0.29) is 0 Å². The Balaban J connectivity index is 1.90. The lowest BCUT2D eigenvalue weighted by molar-refractivity contribution is 0.743. The Morgan fingerprint density at radius 3 is 2.95 bits per heavy atom. The zero-order valence-corrected chi connectivity index (χ0v) is 13.6. The van der Waals surface area contributed by atoms with Crippen molar-refractivity contribution < 1.29 is 0 Å². The number of aromatic nitrogens is 2. The molecule has 1 aliphatic carbocycles. The van der Waals surface area contributed by atoms with Crippen LogP contribution in [0.15, 0.2) is 40.8 Å². The Morgan fingerprint density at radius 2 is 2.23 bits per heavy atom. The van der Waals surface area contributed by atoms with E-state index < -0.39 is 0 Å². The van der Waals surface area contributed by atoms with E-state index in [1.807, 2.05) is 12.2 Å². The first-order chi connectivity index (χ1) is 10.8. The fourth-order valence-electron chi connectivity index (χ4n) is 2.67. The number of nitrogens with one attached hydrogen (secondary N) is 2. The Bertz CT molecular complexity index is 693. The lowest BCUT2D eigenvalue weighted by Gasteiger charge is -2.14. The van der Waals surface area contributed by atoms with Crippen molar-refractivity contribution in [1.29, 1.82) is 5.26 Å². The number of hydrogen-bond acceptors (Lipinski definition) is 5. The Hall–Kier alpha value is -2.13. The van der Waals surface area contributed by atoms with Gasteiger partial charge in [-0.25, -0.2) is 9.97 Å². The number of anilines is 1. The van der Waals surface area contributed by atoms with Crippen LogP contribution in [0.1, 0.15) is 31.4 Å². The summed E-state index contributed by atoms with van der Waals surface area (Å²) in [6, 6.07) is 4.43. The standard InChI is InChI=1S/C16H16BrN5/c17-13-6-3-8-19-15(13)12(10-18)14-7-9-20-16(22-14)21-11-4-1-2-5-11/h3,6-9,11,19H,1-2,4-5H2,(H,20,21,22)/b15-12+. The van der Waals surface area contributed by atoms with Crippen LogP contribution in [0.5, 0.6) is 0 Å². The van der Waals surface area contributed by atoms with Gasteiger partial charge < -0.3 is 10.6 Å². The van der Waals surface area contributed by atoms with Crippen LogP contribution in [-0.2, 0) is 0 Å². The first kappa shape index (κ1) is 14.8. The minimum absolute atomic E-state index is 0.441.